The number of hydrogen-bond donors (Lipinski definition) is 2. The number of methoxy groups -OCH3 is 1. The van der Waals surface area contributed by atoms with Crippen LogP contribution in [0, 0.1) is 0 Å². The van der Waals surface area contributed by atoms with E-state index in [9.17, 15) is 9.59 Å². The molecule has 2 aliphatic heterocycles. The van der Waals surface area contributed by atoms with Crippen molar-refractivity contribution in [1.29, 1.82) is 0 Å². The highest BCUT2D eigenvalue weighted by molar-refractivity contribution is 6.36. The number of nitrogens with zero attached hydrogens (tertiary/aromatic N) is 1. The maximum absolute atomic E-state index is 11.8. The van der Waals surface area contributed by atoms with Crippen molar-refractivity contribution in [3.63, 3.8) is 0 Å². The van der Waals surface area contributed by atoms with Crippen LogP contribution in [0.3, 0.4) is 0 Å². The molecular weight excluding hydrogens is 256 g/mol. The summed E-state index contributed by atoms with van der Waals surface area (Å²) in [5.74, 6) is -1.57. The molecule has 106 valence electrons. The van der Waals surface area contributed by atoms with Crippen LogP contribution in [0.25, 0.3) is 0 Å². The van der Waals surface area contributed by atoms with E-state index in [1.54, 1.807) is 7.11 Å². The van der Waals surface area contributed by atoms with Gasteiger partial charge in [0.25, 0.3) is 5.91 Å². The first kappa shape index (κ1) is 13.8. The number of aliphatic carboxylic acids is 1. The SMILES string of the molecule is COC1(CNC(=O)C2CC(C(=O)O)=NO2)CCOC1. The molecule has 1 fully saturated rings. The van der Waals surface area contributed by atoms with Crippen molar-refractivity contribution in [1.82, 2.24) is 5.32 Å². The third-order valence-electron chi connectivity index (χ3n) is 3.29. The zero-order valence-electron chi connectivity index (χ0n) is 10.5. The lowest BCUT2D eigenvalue weighted by atomic mass is 10.0. The Morgan fingerprint density at radius 3 is 2.95 bits per heavy atom. The first-order chi connectivity index (χ1) is 9.06. The van der Waals surface area contributed by atoms with Crippen molar-refractivity contribution >= 4 is 17.6 Å². The molecule has 2 heterocycles. The Morgan fingerprint density at radius 2 is 2.42 bits per heavy atom. The van der Waals surface area contributed by atoms with Crippen LogP contribution in [-0.2, 0) is 23.9 Å². The van der Waals surface area contributed by atoms with Crippen LogP contribution in [0.5, 0.6) is 0 Å². The zero-order chi connectivity index (χ0) is 13.9. The van der Waals surface area contributed by atoms with Crippen LogP contribution in [-0.4, -0.2) is 61.3 Å². The molecule has 2 N–H and O–H groups in total. The molecule has 2 aliphatic rings. The second kappa shape index (κ2) is 5.54. The second-order valence-electron chi connectivity index (χ2n) is 4.55. The van der Waals surface area contributed by atoms with Gasteiger partial charge in [0.05, 0.1) is 6.61 Å². The van der Waals surface area contributed by atoms with Crippen molar-refractivity contribution in [2.24, 2.45) is 5.16 Å². The van der Waals surface area contributed by atoms with Gasteiger partial charge in [-0.05, 0) is 0 Å². The maximum atomic E-state index is 11.8. The summed E-state index contributed by atoms with van der Waals surface area (Å²) in [7, 11) is 1.57. The molecule has 1 amide bonds. The van der Waals surface area contributed by atoms with Gasteiger partial charge in [-0.1, -0.05) is 5.16 Å². The first-order valence-corrected chi connectivity index (χ1v) is 5.93. The molecule has 0 aromatic heterocycles. The van der Waals surface area contributed by atoms with Crippen molar-refractivity contribution in [2.45, 2.75) is 24.5 Å². The summed E-state index contributed by atoms with van der Waals surface area (Å²) in [5, 5.41) is 14.8. The number of oxime groups is 1. The third-order valence-corrected chi connectivity index (χ3v) is 3.29. The number of carbonyl (C=O) groups excluding carboxylic acids is 1. The quantitative estimate of drug-likeness (QED) is 0.674. The lowest BCUT2D eigenvalue weighted by Gasteiger charge is -2.26. The van der Waals surface area contributed by atoms with Crippen LogP contribution in [0.2, 0.25) is 0 Å². The predicted octanol–water partition coefficient (Wildman–Crippen LogP) is -0.862. The molecule has 8 heteroatoms. The fourth-order valence-electron chi connectivity index (χ4n) is 1.97. The number of nitrogens with one attached hydrogen (secondary N) is 1. The molecule has 2 unspecified atom stereocenters. The summed E-state index contributed by atoms with van der Waals surface area (Å²) < 4.78 is 10.6. The van der Waals surface area contributed by atoms with E-state index in [1.165, 1.54) is 0 Å². The standard InChI is InChI=1S/C11H16N2O6/c1-17-11(2-3-18-6-11)5-12-9(14)8-4-7(10(15)16)13-19-8/h8H,2-6H2,1H3,(H,12,14)(H,15,16). The van der Waals surface area contributed by atoms with Gasteiger partial charge < -0.3 is 24.7 Å². The van der Waals surface area contributed by atoms with E-state index in [0.717, 1.165) is 0 Å². The van der Waals surface area contributed by atoms with Crippen LogP contribution in [0.4, 0.5) is 0 Å². The van der Waals surface area contributed by atoms with Crippen LogP contribution in [0.1, 0.15) is 12.8 Å². The lowest BCUT2D eigenvalue weighted by molar-refractivity contribution is -0.132. The summed E-state index contributed by atoms with van der Waals surface area (Å²) in [5.41, 5.74) is -0.657. The molecule has 0 aromatic rings. The Bertz CT molecular complexity index is 402. The molecule has 19 heavy (non-hydrogen) atoms. The average Bonchev–Trinajstić information content (AvgIpc) is 3.06. The lowest BCUT2D eigenvalue weighted by Crippen LogP contribution is -2.47. The van der Waals surface area contributed by atoms with E-state index < -0.39 is 23.6 Å². The predicted molar refractivity (Wildman–Crippen MR) is 62.7 cm³/mol. The average molecular weight is 272 g/mol. The number of rotatable bonds is 5. The number of carboxylic acid groups (broad SMARTS) is 1. The van der Waals surface area contributed by atoms with Crippen LogP contribution < -0.4 is 5.32 Å². The van der Waals surface area contributed by atoms with Gasteiger partial charge in [-0.2, -0.15) is 0 Å². The van der Waals surface area contributed by atoms with Gasteiger partial charge in [0.2, 0.25) is 6.10 Å². The van der Waals surface area contributed by atoms with Gasteiger partial charge in [0.1, 0.15) is 5.60 Å². The highest BCUT2D eigenvalue weighted by Gasteiger charge is 2.37. The molecule has 0 bridgehead atoms. The number of ether oxygens (including phenoxy) is 2. The van der Waals surface area contributed by atoms with Crippen molar-refractivity contribution in [2.75, 3.05) is 26.9 Å². The Labute approximate surface area is 109 Å². The Morgan fingerprint density at radius 1 is 1.63 bits per heavy atom. The normalized spacial score (nSPS) is 29.7. The molecule has 2 rings (SSSR count). The van der Waals surface area contributed by atoms with E-state index in [0.29, 0.717) is 26.2 Å². The van der Waals surface area contributed by atoms with E-state index in [4.69, 9.17) is 19.4 Å². The smallest absolute Gasteiger partial charge is 0.353 e. The minimum absolute atomic E-state index is 0.0301. The van der Waals surface area contributed by atoms with E-state index in [-0.39, 0.29) is 12.1 Å². The molecule has 0 saturated carbocycles. The summed E-state index contributed by atoms with van der Waals surface area (Å²) in [4.78, 5) is 27.3. The van der Waals surface area contributed by atoms with Crippen LogP contribution >= 0.6 is 0 Å². The van der Waals surface area contributed by atoms with Gasteiger partial charge in [-0.15, -0.1) is 0 Å². The molecule has 0 aromatic carbocycles. The highest BCUT2D eigenvalue weighted by Crippen LogP contribution is 2.21. The van der Waals surface area contributed by atoms with Gasteiger partial charge >= 0.3 is 5.97 Å². The molecule has 0 spiro atoms. The zero-order valence-corrected chi connectivity index (χ0v) is 10.5. The summed E-state index contributed by atoms with van der Waals surface area (Å²) in [6.07, 6.45) is -0.216. The minimum atomic E-state index is -1.17. The maximum Gasteiger partial charge on any atom is 0.353 e. The molecule has 8 nitrogen and oxygen atoms in total. The van der Waals surface area contributed by atoms with Gasteiger partial charge in [0.15, 0.2) is 5.71 Å². The number of amides is 1. The molecule has 0 aliphatic carbocycles. The van der Waals surface area contributed by atoms with E-state index >= 15 is 0 Å². The first-order valence-electron chi connectivity index (χ1n) is 5.93. The molecule has 2 atom stereocenters. The van der Waals surface area contributed by atoms with Crippen molar-refractivity contribution in [3.8, 4) is 0 Å². The number of hydrogen-bond acceptors (Lipinski definition) is 6. The van der Waals surface area contributed by atoms with Crippen molar-refractivity contribution < 1.29 is 29.0 Å². The van der Waals surface area contributed by atoms with Crippen molar-refractivity contribution in [3.05, 3.63) is 0 Å². The number of carbonyl (C=O) groups is 2. The Balaban J connectivity index is 1.81. The fraction of sp³-hybridized carbons (Fsp3) is 0.727. The second-order valence-corrected chi connectivity index (χ2v) is 4.55. The van der Waals surface area contributed by atoms with E-state index in [1.807, 2.05) is 0 Å². The summed E-state index contributed by atoms with van der Waals surface area (Å²) >= 11 is 0. The third kappa shape index (κ3) is 3.02. The Kier molecular flexibility index (Phi) is 4.01. The molecule has 1 saturated heterocycles. The number of carboxylic acids is 1. The van der Waals surface area contributed by atoms with E-state index in [2.05, 4.69) is 10.5 Å². The molecule has 0 radical (unpaired) electrons. The monoisotopic (exact) mass is 272 g/mol. The largest absolute Gasteiger partial charge is 0.477 e. The molecular formula is C11H16N2O6. The van der Waals surface area contributed by atoms with Crippen LogP contribution in [0.15, 0.2) is 5.16 Å². The Hall–Kier alpha value is -1.67. The van der Waals surface area contributed by atoms with Gasteiger partial charge in [-0.25, -0.2) is 4.79 Å². The fourth-order valence-corrected chi connectivity index (χ4v) is 1.97. The highest BCUT2D eigenvalue weighted by atomic mass is 16.6. The topological polar surface area (TPSA) is 106 Å². The summed E-state index contributed by atoms with van der Waals surface area (Å²) in [6, 6.07) is 0. The van der Waals surface area contributed by atoms with Gasteiger partial charge in [-0.3, -0.25) is 4.79 Å². The summed E-state index contributed by atoms with van der Waals surface area (Å²) in [6.45, 7) is 1.31. The van der Waals surface area contributed by atoms with Gasteiger partial charge in [0, 0.05) is 33.1 Å². The minimum Gasteiger partial charge on any atom is -0.477 e.